The molecule has 1 N–H and O–H groups in total. The van der Waals surface area contributed by atoms with Crippen LogP contribution >= 0.6 is 11.3 Å². The number of aromatic nitrogens is 2. The minimum Gasteiger partial charge on any atom is -0.492 e. The maximum absolute atomic E-state index is 14.1. The summed E-state index contributed by atoms with van der Waals surface area (Å²) >= 11 is 0.973. The van der Waals surface area contributed by atoms with Gasteiger partial charge in [0.2, 0.25) is 5.13 Å². The predicted molar refractivity (Wildman–Crippen MR) is 101 cm³/mol. The van der Waals surface area contributed by atoms with E-state index in [-0.39, 0.29) is 17.5 Å². The van der Waals surface area contributed by atoms with Crippen LogP contribution in [-0.4, -0.2) is 39.3 Å². The van der Waals surface area contributed by atoms with Gasteiger partial charge in [0.25, 0.3) is 5.72 Å². The Balaban J connectivity index is 1.63. The molecule has 29 heavy (non-hydrogen) atoms. The number of fused-ring (bicyclic) bond motifs is 3. The molecule has 0 aliphatic carbocycles. The quantitative estimate of drug-likeness (QED) is 0.688. The number of pyridine rings is 1. The van der Waals surface area contributed by atoms with Crippen LogP contribution in [0.1, 0.15) is 5.56 Å². The predicted octanol–water partition coefficient (Wildman–Crippen LogP) is 3.69. The average Bonchev–Trinajstić information content (AvgIpc) is 3.32. The summed E-state index contributed by atoms with van der Waals surface area (Å²) in [5.41, 5.74) is -1.52. The van der Waals surface area contributed by atoms with E-state index in [1.54, 1.807) is 54.2 Å². The Morgan fingerprint density at radius 1 is 1.17 bits per heavy atom. The molecule has 3 aromatic rings. The standard InChI is InChI=1S/C19H13F3N4O2S/c20-19(21,22)18(27)13-9-28-15-4-2-1-3-12(15)16(13)25-26(18)17-24-14(10-29-17)11-5-7-23-8-6-11/h1-8,10,13,27H,9H2. The number of hydrogen-bond donors (Lipinski definition) is 1. The Hall–Kier alpha value is -2.98. The zero-order valence-corrected chi connectivity index (χ0v) is 15.5. The van der Waals surface area contributed by atoms with E-state index >= 15 is 0 Å². The molecule has 0 amide bonds. The van der Waals surface area contributed by atoms with Gasteiger partial charge in [-0.2, -0.15) is 23.3 Å². The van der Waals surface area contributed by atoms with Crippen molar-refractivity contribution in [2.45, 2.75) is 11.9 Å². The Morgan fingerprint density at radius 2 is 1.93 bits per heavy atom. The number of ether oxygens (including phenoxy) is 1. The third-order valence-corrected chi connectivity index (χ3v) is 5.80. The minimum atomic E-state index is -4.99. The van der Waals surface area contributed by atoms with Crippen LogP contribution in [0, 0.1) is 5.92 Å². The fourth-order valence-electron chi connectivity index (χ4n) is 3.53. The van der Waals surface area contributed by atoms with E-state index in [9.17, 15) is 18.3 Å². The first-order valence-corrected chi connectivity index (χ1v) is 9.53. The Bertz CT molecular complexity index is 1100. The first-order valence-electron chi connectivity index (χ1n) is 8.65. The number of thiazole rings is 1. The number of para-hydroxylation sites is 1. The van der Waals surface area contributed by atoms with Crippen molar-refractivity contribution in [2.24, 2.45) is 11.0 Å². The molecule has 6 nitrogen and oxygen atoms in total. The fraction of sp³-hybridized carbons (Fsp3) is 0.211. The molecule has 148 valence electrons. The van der Waals surface area contributed by atoms with Gasteiger partial charge >= 0.3 is 6.18 Å². The van der Waals surface area contributed by atoms with Crippen molar-refractivity contribution in [1.82, 2.24) is 9.97 Å². The van der Waals surface area contributed by atoms with Gasteiger partial charge in [-0.05, 0) is 24.3 Å². The lowest BCUT2D eigenvalue weighted by Gasteiger charge is -2.38. The Kier molecular flexibility index (Phi) is 3.90. The second-order valence-electron chi connectivity index (χ2n) is 6.63. The summed E-state index contributed by atoms with van der Waals surface area (Å²) < 4.78 is 47.8. The first-order chi connectivity index (χ1) is 13.9. The molecule has 1 aromatic carbocycles. The van der Waals surface area contributed by atoms with E-state index in [2.05, 4.69) is 15.1 Å². The normalized spacial score (nSPS) is 23.2. The maximum atomic E-state index is 14.1. The number of hydrazone groups is 1. The van der Waals surface area contributed by atoms with Crippen LogP contribution in [0.4, 0.5) is 18.3 Å². The molecular formula is C19H13F3N4O2S. The van der Waals surface area contributed by atoms with Gasteiger partial charge in [-0.15, -0.1) is 11.3 Å². The molecular weight excluding hydrogens is 405 g/mol. The van der Waals surface area contributed by atoms with Gasteiger partial charge < -0.3 is 9.84 Å². The van der Waals surface area contributed by atoms with Crippen molar-refractivity contribution < 1.29 is 23.0 Å². The van der Waals surface area contributed by atoms with Crippen molar-refractivity contribution in [3.63, 3.8) is 0 Å². The van der Waals surface area contributed by atoms with Crippen molar-refractivity contribution in [2.75, 3.05) is 11.6 Å². The molecule has 10 heteroatoms. The van der Waals surface area contributed by atoms with E-state index in [1.165, 1.54) is 0 Å². The molecule has 2 aromatic heterocycles. The smallest absolute Gasteiger partial charge is 0.439 e. The van der Waals surface area contributed by atoms with E-state index in [0.717, 1.165) is 11.3 Å². The van der Waals surface area contributed by atoms with Gasteiger partial charge in [0.1, 0.15) is 12.4 Å². The van der Waals surface area contributed by atoms with Crippen molar-refractivity contribution in [1.29, 1.82) is 0 Å². The lowest BCUT2D eigenvalue weighted by Crippen LogP contribution is -2.61. The fourth-order valence-corrected chi connectivity index (χ4v) is 4.37. The molecule has 2 aliphatic rings. The highest BCUT2D eigenvalue weighted by Gasteiger charge is 2.69. The zero-order chi connectivity index (χ0) is 20.2. The van der Waals surface area contributed by atoms with Crippen LogP contribution in [0.3, 0.4) is 0 Å². The molecule has 2 unspecified atom stereocenters. The van der Waals surface area contributed by atoms with Gasteiger partial charge in [0, 0.05) is 28.9 Å². The van der Waals surface area contributed by atoms with Gasteiger partial charge in [0.05, 0.1) is 17.3 Å². The molecule has 0 fully saturated rings. The van der Waals surface area contributed by atoms with Gasteiger partial charge in [-0.1, -0.05) is 12.1 Å². The highest BCUT2D eigenvalue weighted by atomic mass is 32.1. The number of alkyl halides is 3. The highest BCUT2D eigenvalue weighted by Crippen LogP contribution is 2.50. The van der Waals surface area contributed by atoms with E-state index in [4.69, 9.17) is 4.74 Å². The van der Waals surface area contributed by atoms with Gasteiger partial charge in [-0.3, -0.25) is 4.98 Å². The Morgan fingerprint density at radius 3 is 2.69 bits per heavy atom. The van der Waals surface area contributed by atoms with E-state index < -0.39 is 17.8 Å². The lowest BCUT2D eigenvalue weighted by atomic mass is 9.86. The van der Waals surface area contributed by atoms with E-state index in [1.807, 2.05) is 0 Å². The van der Waals surface area contributed by atoms with Crippen LogP contribution in [0.15, 0.2) is 59.3 Å². The number of hydrogen-bond acceptors (Lipinski definition) is 7. The van der Waals surface area contributed by atoms with Crippen molar-refractivity contribution in [3.05, 3.63) is 59.7 Å². The van der Waals surface area contributed by atoms with Gasteiger partial charge in [0.15, 0.2) is 0 Å². The van der Waals surface area contributed by atoms with Crippen LogP contribution in [0.5, 0.6) is 5.75 Å². The van der Waals surface area contributed by atoms with Crippen LogP contribution in [0.25, 0.3) is 11.3 Å². The van der Waals surface area contributed by atoms with Crippen LogP contribution in [0.2, 0.25) is 0 Å². The number of anilines is 1. The summed E-state index contributed by atoms with van der Waals surface area (Å²) in [5.74, 6) is -0.962. The molecule has 0 saturated carbocycles. The maximum Gasteiger partial charge on any atom is 0.439 e. The number of benzene rings is 1. The topological polar surface area (TPSA) is 70.8 Å². The van der Waals surface area contributed by atoms with Crippen LogP contribution < -0.4 is 9.75 Å². The summed E-state index contributed by atoms with van der Waals surface area (Å²) in [4.78, 5) is 8.22. The third-order valence-electron chi connectivity index (χ3n) is 4.98. The largest absolute Gasteiger partial charge is 0.492 e. The number of halogens is 3. The minimum absolute atomic E-state index is 0.0592. The Labute approximate surface area is 166 Å². The zero-order valence-electron chi connectivity index (χ0n) is 14.7. The average molecular weight is 418 g/mol. The van der Waals surface area contributed by atoms with Gasteiger partial charge in [-0.25, -0.2) is 4.98 Å². The van der Waals surface area contributed by atoms with Crippen LogP contribution in [-0.2, 0) is 0 Å². The molecule has 0 spiro atoms. The lowest BCUT2D eigenvalue weighted by molar-refractivity contribution is -0.270. The first kappa shape index (κ1) is 18.1. The molecule has 0 bridgehead atoms. The molecule has 0 radical (unpaired) electrons. The van der Waals surface area contributed by atoms with Crippen molar-refractivity contribution >= 4 is 22.2 Å². The number of aliphatic hydroxyl groups is 1. The summed E-state index contributed by atoms with van der Waals surface area (Å²) in [6.45, 7) is -0.342. The highest BCUT2D eigenvalue weighted by molar-refractivity contribution is 7.14. The summed E-state index contributed by atoms with van der Waals surface area (Å²) in [7, 11) is 0. The SMILES string of the molecule is OC1(C(F)(F)F)C2COc3ccccc3C2=NN1c1nc(-c2ccncc2)cs1. The van der Waals surface area contributed by atoms with E-state index in [0.29, 0.717) is 27.6 Å². The monoisotopic (exact) mass is 418 g/mol. The van der Waals surface area contributed by atoms with Crippen molar-refractivity contribution in [3.8, 4) is 17.0 Å². The summed E-state index contributed by atoms with van der Waals surface area (Å²) in [5, 5.41) is 17.2. The third kappa shape index (κ3) is 2.63. The molecule has 2 atom stereocenters. The number of rotatable bonds is 2. The molecule has 4 heterocycles. The second-order valence-corrected chi connectivity index (χ2v) is 7.47. The summed E-state index contributed by atoms with van der Waals surface area (Å²) in [6, 6.07) is 10.1. The summed E-state index contributed by atoms with van der Waals surface area (Å²) in [6.07, 6.45) is -1.85. The second kappa shape index (κ2) is 6.26. The molecule has 5 rings (SSSR count). The number of nitrogens with zero attached hydrogens (tertiary/aromatic N) is 4. The molecule has 2 aliphatic heterocycles. The molecule has 0 saturated heterocycles.